The van der Waals surface area contributed by atoms with Crippen molar-refractivity contribution in [3.8, 4) is 0 Å². The van der Waals surface area contributed by atoms with Gasteiger partial charge >= 0.3 is 0 Å². The molecule has 1 aromatic carbocycles. The van der Waals surface area contributed by atoms with Gasteiger partial charge in [-0.2, -0.15) is 0 Å². The number of rotatable bonds is 2. The van der Waals surface area contributed by atoms with Crippen LogP contribution in [0.25, 0.3) is 0 Å². The predicted octanol–water partition coefficient (Wildman–Crippen LogP) is 1.98. The fourth-order valence-electron chi connectivity index (χ4n) is 2.83. The fraction of sp³-hybridized carbons (Fsp3) is 0.467. The maximum absolute atomic E-state index is 11.8. The lowest BCUT2D eigenvalue weighted by Gasteiger charge is -2.29. The van der Waals surface area contributed by atoms with E-state index in [1.54, 1.807) is 4.90 Å². The summed E-state index contributed by atoms with van der Waals surface area (Å²) in [5.41, 5.74) is 2.00. The number of nitrogens with zero attached hydrogens (tertiary/aromatic N) is 2. The summed E-state index contributed by atoms with van der Waals surface area (Å²) >= 11 is 0. The first-order chi connectivity index (χ1) is 9.24. The Kier molecular flexibility index (Phi) is 3.23. The van der Waals surface area contributed by atoms with Crippen LogP contribution in [0.1, 0.15) is 25.7 Å². The molecule has 2 fully saturated rings. The zero-order chi connectivity index (χ0) is 13.2. The van der Waals surface area contributed by atoms with E-state index >= 15 is 0 Å². The van der Waals surface area contributed by atoms with Crippen molar-refractivity contribution in [3.05, 3.63) is 24.3 Å². The van der Waals surface area contributed by atoms with Gasteiger partial charge in [0.25, 0.3) is 0 Å². The Morgan fingerprint density at radius 3 is 2.37 bits per heavy atom. The third-order valence-electron chi connectivity index (χ3n) is 3.85. The van der Waals surface area contributed by atoms with Crippen LogP contribution in [0.4, 0.5) is 11.4 Å². The van der Waals surface area contributed by atoms with E-state index in [9.17, 15) is 9.59 Å². The summed E-state index contributed by atoms with van der Waals surface area (Å²) in [4.78, 5) is 27.1. The van der Waals surface area contributed by atoms with Gasteiger partial charge in [-0.05, 0) is 37.5 Å². The van der Waals surface area contributed by atoms with Gasteiger partial charge in [-0.1, -0.05) is 6.07 Å². The average Bonchev–Trinajstić information content (AvgIpc) is 2.79. The van der Waals surface area contributed by atoms with E-state index in [2.05, 4.69) is 11.0 Å². The molecule has 0 N–H and O–H groups in total. The van der Waals surface area contributed by atoms with E-state index < -0.39 is 0 Å². The minimum absolute atomic E-state index is 0.00776. The van der Waals surface area contributed by atoms with Gasteiger partial charge in [-0.25, -0.2) is 0 Å². The Morgan fingerprint density at radius 1 is 0.947 bits per heavy atom. The maximum Gasteiger partial charge on any atom is 0.234 e. The Labute approximate surface area is 113 Å². The number of piperidine rings is 1. The summed E-state index contributed by atoms with van der Waals surface area (Å²) in [6.45, 7) is 2.38. The standard InChI is InChI=1S/C15H18N2O2/c18-14-10-15(19)17(11-14)13-6-4-5-12(9-13)16-7-2-1-3-8-16/h4-6,9H,1-3,7-8,10-11H2. The van der Waals surface area contributed by atoms with E-state index in [0.717, 1.165) is 24.5 Å². The van der Waals surface area contributed by atoms with Gasteiger partial charge in [0, 0.05) is 24.5 Å². The third kappa shape index (κ3) is 2.48. The second kappa shape index (κ2) is 5.03. The quantitative estimate of drug-likeness (QED) is 0.762. The second-order valence-electron chi connectivity index (χ2n) is 5.26. The van der Waals surface area contributed by atoms with Crippen LogP contribution in [0.2, 0.25) is 0 Å². The summed E-state index contributed by atoms with van der Waals surface area (Å²) in [5.74, 6) is -0.0748. The summed E-state index contributed by atoms with van der Waals surface area (Å²) in [5, 5.41) is 0. The number of hydrogen-bond donors (Lipinski definition) is 0. The van der Waals surface area contributed by atoms with Crippen molar-refractivity contribution in [1.82, 2.24) is 0 Å². The lowest BCUT2D eigenvalue weighted by atomic mass is 10.1. The van der Waals surface area contributed by atoms with Crippen molar-refractivity contribution in [2.75, 3.05) is 29.4 Å². The molecule has 2 aliphatic heterocycles. The van der Waals surface area contributed by atoms with Crippen molar-refractivity contribution in [1.29, 1.82) is 0 Å². The number of anilines is 2. The predicted molar refractivity (Wildman–Crippen MR) is 74.5 cm³/mol. The molecule has 100 valence electrons. The molecule has 4 heteroatoms. The van der Waals surface area contributed by atoms with Crippen molar-refractivity contribution in [2.24, 2.45) is 0 Å². The van der Waals surface area contributed by atoms with Crippen LogP contribution in [0, 0.1) is 0 Å². The van der Waals surface area contributed by atoms with Crippen LogP contribution in [-0.4, -0.2) is 31.3 Å². The van der Waals surface area contributed by atoms with Crippen LogP contribution in [0.15, 0.2) is 24.3 Å². The monoisotopic (exact) mass is 258 g/mol. The topological polar surface area (TPSA) is 40.6 Å². The van der Waals surface area contributed by atoms with Crippen LogP contribution < -0.4 is 9.80 Å². The Bertz CT molecular complexity index is 507. The molecule has 0 saturated carbocycles. The Balaban J connectivity index is 1.83. The zero-order valence-electron chi connectivity index (χ0n) is 11.0. The molecule has 1 aromatic rings. The number of ketones is 1. The van der Waals surface area contributed by atoms with Gasteiger partial charge in [-0.3, -0.25) is 9.59 Å². The summed E-state index contributed by atoms with van der Waals surface area (Å²) in [6.07, 6.45) is 3.81. The number of hydrogen-bond acceptors (Lipinski definition) is 3. The molecular formula is C15H18N2O2. The highest BCUT2D eigenvalue weighted by molar-refractivity contribution is 6.15. The maximum atomic E-state index is 11.8. The highest BCUT2D eigenvalue weighted by Crippen LogP contribution is 2.27. The number of amides is 1. The lowest BCUT2D eigenvalue weighted by Crippen LogP contribution is -2.30. The minimum Gasteiger partial charge on any atom is -0.371 e. The highest BCUT2D eigenvalue weighted by Gasteiger charge is 2.28. The van der Waals surface area contributed by atoms with Gasteiger partial charge in [-0.15, -0.1) is 0 Å². The SMILES string of the molecule is O=C1CC(=O)N(c2cccc(N3CCCCC3)c2)C1. The first-order valence-electron chi connectivity index (χ1n) is 6.91. The molecule has 0 radical (unpaired) electrons. The van der Waals surface area contributed by atoms with Gasteiger partial charge in [0.15, 0.2) is 5.78 Å². The molecule has 19 heavy (non-hydrogen) atoms. The Morgan fingerprint density at radius 2 is 1.68 bits per heavy atom. The Hall–Kier alpha value is -1.84. The van der Waals surface area contributed by atoms with Gasteiger partial charge in [0.05, 0.1) is 13.0 Å². The largest absolute Gasteiger partial charge is 0.371 e. The molecule has 0 atom stereocenters. The van der Waals surface area contributed by atoms with Crippen LogP contribution in [0.5, 0.6) is 0 Å². The number of Topliss-reactive ketones (excluding diaryl/α,β-unsaturated/α-hetero) is 1. The van der Waals surface area contributed by atoms with Gasteiger partial charge in [0.2, 0.25) is 5.91 Å². The van der Waals surface area contributed by atoms with Crippen LogP contribution >= 0.6 is 0 Å². The molecule has 0 bridgehead atoms. The molecule has 3 rings (SSSR count). The van der Waals surface area contributed by atoms with Crippen molar-refractivity contribution < 1.29 is 9.59 Å². The van der Waals surface area contributed by atoms with Crippen molar-refractivity contribution in [3.63, 3.8) is 0 Å². The van der Waals surface area contributed by atoms with E-state index in [1.807, 2.05) is 18.2 Å². The minimum atomic E-state index is -0.0826. The van der Waals surface area contributed by atoms with E-state index in [-0.39, 0.29) is 24.7 Å². The molecule has 0 unspecified atom stereocenters. The summed E-state index contributed by atoms with van der Waals surface area (Å²) in [7, 11) is 0. The van der Waals surface area contributed by atoms with Crippen molar-refractivity contribution >= 4 is 23.1 Å². The average molecular weight is 258 g/mol. The molecule has 2 heterocycles. The second-order valence-corrected chi connectivity index (χ2v) is 5.26. The zero-order valence-corrected chi connectivity index (χ0v) is 11.0. The van der Waals surface area contributed by atoms with Crippen LogP contribution in [-0.2, 0) is 9.59 Å². The third-order valence-corrected chi connectivity index (χ3v) is 3.85. The molecule has 2 aliphatic rings. The summed E-state index contributed by atoms with van der Waals surface area (Å²) < 4.78 is 0. The molecule has 4 nitrogen and oxygen atoms in total. The van der Waals surface area contributed by atoms with Gasteiger partial charge in [0.1, 0.15) is 0 Å². The molecule has 0 aromatic heterocycles. The summed E-state index contributed by atoms with van der Waals surface area (Å²) in [6, 6.07) is 7.98. The molecule has 2 saturated heterocycles. The molecule has 0 spiro atoms. The molecule has 1 amide bonds. The first kappa shape index (κ1) is 12.2. The first-order valence-corrected chi connectivity index (χ1v) is 6.91. The number of carbonyl (C=O) groups excluding carboxylic acids is 2. The lowest BCUT2D eigenvalue weighted by molar-refractivity contribution is -0.121. The fourth-order valence-corrected chi connectivity index (χ4v) is 2.83. The highest BCUT2D eigenvalue weighted by atomic mass is 16.2. The van der Waals surface area contributed by atoms with E-state index in [1.165, 1.54) is 19.3 Å². The van der Waals surface area contributed by atoms with Gasteiger partial charge < -0.3 is 9.80 Å². The van der Waals surface area contributed by atoms with Crippen LogP contribution in [0.3, 0.4) is 0 Å². The number of benzene rings is 1. The molecular weight excluding hydrogens is 240 g/mol. The smallest absolute Gasteiger partial charge is 0.234 e. The van der Waals surface area contributed by atoms with E-state index in [0.29, 0.717) is 0 Å². The normalized spacial score (nSPS) is 20.2. The number of carbonyl (C=O) groups is 2. The van der Waals surface area contributed by atoms with E-state index in [4.69, 9.17) is 0 Å². The van der Waals surface area contributed by atoms with Crippen molar-refractivity contribution in [2.45, 2.75) is 25.7 Å². The molecule has 0 aliphatic carbocycles.